The monoisotopic (exact) mass is 301 g/mol. The predicted octanol–water partition coefficient (Wildman–Crippen LogP) is 2.19. The highest BCUT2D eigenvalue weighted by Crippen LogP contribution is 2.25. The van der Waals surface area contributed by atoms with Crippen molar-refractivity contribution in [2.75, 3.05) is 13.1 Å². The lowest BCUT2D eigenvalue weighted by molar-refractivity contribution is 0.0670. The molecule has 6 nitrogen and oxygen atoms in total. The van der Waals surface area contributed by atoms with Crippen molar-refractivity contribution in [3.05, 3.63) is 35.7 Å². The third-order valence-corrected chi connectivity index (χ3v) is 4.40. The second kappa shape index (κ2) is 5.94. The highest BCUT2D eigenvalue weighted by molar-refractivity contribution is 5.92. The maximum atomic E-state index is 12.6. The zero-order valence-electron chi connectivity index (χ0n) is 13.5. The fraction of sp³-hybridized carbons (Fsp3) is 0.562. The van der Waals surface area contributed by atoms with Gasteiger partial charge in [0.05, 0.1) is 6.04 Å². The van der Waals surface area contributed by atoms with Gasteiger partial charge in [-0.25, -0.2) is 4.98 Å². The van der Waals surface area contributed by atoms with Gasteiger partial charge in [0, 0.05) is 37.7 Å². The summed E-state index contributed by atoms with van der Waals surface area (Å²) in [6, 6.07) is 2.12. The van der Waals surface area contributed by atoms with Gasteiger partial charge in [0.15, 0.2) is 0 Å². The van der Waals surface area contributed by atoms with Crippen LogP contribution in [-0.4, -0.2) is 43.2 Å². The van der Waals surface area contributed by atoms with Gasteiger partial charge >= 0.3 is 0 Å². The molecule has 1 unspecified atom stereocenters. The molecule has 1 saturated heterocycles. The molecule has 1 atom stereocenters. The lowest BCUT2D eigenvalue weighted by Crippen LogP contribution is -2.41. The largest absolute Gasteiger partial charge is 0.335 e. The number of aryl methyl sites for hydroxylation is 3. The van der Waals surface area contributed by atoms with Gasteiger partial charge in [0.25, 0.3) is 5.91 Å². The summed E-state index contributed by atoms with van der Waals surface area (Å²) in [5, 5.41) is 4.33. The van der Waals surface area contributed by atoms with E-state index in [-0.39, 0.29) is 5.91 Å². The third-order valence-electron chi connectivity index (χ3n) is 4.40. The molecule has 3 rings (SSSR count). The summed E-state index contributed by atoms with van der Waals surface area (Å²) in [5.41, 5.74) is 1.70. The van der Waals surface area contributed by atoms with Crippen molar-refractivity contribution in [1.82, 2.24) is 24.2 Å². The van der Waals surface area contributed by atoms with E-state index in [0.717, 1.165) is 44.0 Å². The smallest absolute Gasteiger partial charge is 0.274 e. The van der Waals surface area contributed by atoms with Crippen LogP contribution in [0.5, 0.6) is 0 Å². The van der Waals surface area contributed by atoms with E-state index in [1.165, 1.54) is 0 Å². The summed E-state index contributed by atoms with van der Waals surface area (Å²) in [6.07, 6.45) is 5.87. The molecule has 0 N–H and O–H groups in total. The first kappa shape index (κ1) is 14.8. The molecule has 1 fully saturated rings. The van der Waals surface area contributed by atoms with Crippen molar-refractivity contribution >= 4 is 5.91 Å². The van der Waals surface area contributed by atoms with Crippen molar-refractivity contribution in [3.8, 4) is 0 Å². The number of likely N-dealkylation sites (tertiary alicyclic amines) is 1. The fourth-order valence-electron chi connectivity index (χ4n) is 3.28. The normalized spacial score (nSPS) is 18.7. The molecule has 6 heteroatoms. The Kier molecular flexibility index (Phi) is 4.00. The Labute approximate surface area is 130 Å². The second-order valence-electron chi connectivity index (χ2n) is 5.92. The van der Waals surface area contributed by atoms with E-state index in [0.29, 0.717) is 11.7 Å². The summed E-state index contributed by atoms with van der Waals surface area (Å²) in [4.78, 5) is 18.9. The van der Waals surface area contributed by atoms with Crippen molar-refractivity contribution in [1.29, 1.82) is 0 Å². The van der Waals surface area contributed by atoms with Gasteiger partial charge in [-0.3, -0.25) is 9.48 Å². The summed E-state index contributed by atoms with van der Waals surface area (Å²) in [5.74, 6) is 1.05. The average molecular weight is 301 g/mol. The molecule has 118 valence electrons. The van der Waals surface area contributed by atoms with Crippen LogP contribution in [0.25, 0.3) is 0 Å². The first-order valence-electron chi connectivity index (χ1n) is 7.93. The van der Waals surface area contributed by atoms with E-state index in [1.807, 2.05) is 37.2 Å². The highest BCUT2D eigenvalue weighted by atomic mass is 16.2. The predicted molar refractivity (Wildman–Crippen MR) is 83.8 cm³/mol. The van der Waals surface area contributed by atoms with E-state index in [1.54, 1.807) is 4.68 Å². The first-order chi connectivity index (χ1) is 10.6. The number of amides is 1. The van der Waals surface area contributed by atoms with Crippen LogP contribution < -0.4 is 0 Å². The first-order valence-corrected chi connectivity index (χ1v) is 7.93. The van der Waals surface area contributed by atoms with E-state index in [9.17, 15) is 4.79 Å². The molecule has 3 heterocycles. The topological polar surface area (TPSA) is 56.0 Å². The lowest BCUT2D eigenvalue weighted by Gasteiger charge is -2.34. The van der Waals surface area contributed by atoms with Gasteiger partial charge in [-0.05, 0) is 39.7 Å². The van der Waals surface area contributed by atoms with E-state index in [2.05, 4.69) is 21.6 Å². The van der Waals surface area contributed by atoms with Crippen LogP contribution >= 0.6 is 0 Å². The Hall–Kier alpha value is -2.11. The van der Waals surface area contributed by atoms with Crippen LogP contribution in [0, 0.1) is 13.8 Å². The standard InChI is InChI=1S/C16H23N5O/c1-4-20-9-7-15(18-20)16(22)19-8-5-6-14(11-19)21-12(2)10-17-13(21)3/h7,9-10,14H,4-6,8,11H2,1-3H3. The Morgan fingerprint density at radius 3 is 2.86 bits per heavy atom. The van der Waals surface area contributed by atoms with Crippen LogP contribution in [-0.2, 0) is 6.54 Å². The Morgan fingerprint density at radius 1 is 1.41 bits per heavy atom. The van der Waals surface area contributed by atoms with Gasteiger partial charge in [-0.15, -0.1) is 0 Å². The molecule has 0 spiro atoms. The van der Waals surface area contributed by atoms with Gasteiger partial charge in [-0.2, -0.15) is 5.10 Å². The van der Waals surface area contributed by atoms with Gasteiger partial charge in [0.1, 0.15) is 11.5 Å². The molecule has 0 saturated carbocycles. The Morgan fingerprint density at radius 2 is 2.23 bits per heavy atom. The lowest BCUT2D eigenvalue weighted by atomic mass is 10.0. The summed E-state index contributed by atoms with van der Waals surface area (Å²) >= 11 is 0. The van der Waals surface area contributed by atoms with Crippen LogP contribution in [0.15, 0.2) is 18.5 Å². The molecular weight excluding hydrogens is 278 g/mol. The van der Waals surface area contributed by atoms with Crippen molar-refractivity contribution in [2.45, 2.75) is 46.2 Å². The third kappa shape index (κ3) is 2.65. The molecule has 0 bridgehead atoms. The number of carbonyl (C=O) groups excluding carboxylic acids is 1. The SMILES string of the molecule is CCn1ccc(C(=O)N2CCCC(n3c(C)cnc3C)C2)n1. The maximum Gasteiger partial charge on any atom is 0.274 e. The molecule has 0 aromatic carbocycles. The number of nitrogens with zero attached hydrogens (tertiary/aromatic N) is 5. The number of hydrogen-bond donors (Lipinski definition) is 0. The number of aromatic nitrogens is 4. The number of carbonyl (C=O) groups is 1. The molecule has 0 radical (unpaired) electrons. The Balaban J connectivity index is 1.77. The number of imidazole rings is 1. The molecule has 2 aromatic rings. The van der Waals surface area contributed by atoms with Gasteiger partial charge in [-0.1, -0.05) is 0 Å². The van der Waals surface area contributed by atoms with Gasteiger partial charge < -0.3 is 9.47 Å². The maximum absolute atomic E-state index is 12.6. The van der Waals surface area contributed by atoms with Crippen LogP contribution in [0.3, 0.4) is 0 Å². The molecule has 1 aliphatic heterocycles. The van der Waals surface area contributed by atoms with Crippen LogP contribution in [0.2, 0.25) is 0 Å². The van der Waals surface area contributed by atoms with Crippen molar-refractivity contribution < 1.29 is 4.79 Å². The van der Waals surface area contributed by atoms with Crippen molar-refractivity contribution in [2.24, 2.45) is 0 Å². The average Bonchev–Trinajstić information content (AvgIpc) is 3.13. The Bertz CT molecular complexity index is 652. The summed E-state index contributed by atoms with van der Waals surface area (Å²) in [7, 11) is 0. The number of hydrogen-bond acceptors (Lipinski definition) is 3. The van der Waals surface area contributed by atoms with E-state index in [4.69, 9.17) is 0 Å². The molecule has 1 aliphatic rings. The minimum Gasteiger partial charge on any atom is -0.335 e. The van der Waals surface area contributed by atoms with Crippen LogP contribution in [0.1, 0.15) is 47.8 Å². The molecule has 0 aliphatic carbocycles. The number of rotatable bonds is 3. The summed E-state index contributed by atoms with van der Waals surface area (Å²) < 4.78 is 4.04. The summed E-state index contributed by atoms with van der Waals surface area (Å²) in [6.45, 7) is 8.43. The number of piperidine rings is 1. The fourth-order valence-corrected chi connectivity index (χ4v) is 3.28. The quantitative estimate of drug-likeness (QED) is 0.873. The molecule has 22 heavy (non-hydrogen) atoms. The highest BCUT2D eigenvalue weighted by Gasteiger charge is 2.27. The van der Waals surface area contributed by atoms with E-state index >= 15 is 0 Å². The molecule has 1 amide bonds. The van der Waals surface area contributed by atoms with Crippen LogP contribution in [0.4, 0.5) is 0 Å². The van der Waals surface area contributed by atoms with Gasteiger partial charge in [0.2, 0.25) is 0 Å². The zero-order valence-corrected chi connectivity index (χ0v) is 13.5. The minimum absolute atomic E-state index is 0.0346. The van der Waals surface area contributed by atoms with Crippen molar-refractivity contribution in [3.63, 3.8) is 0 Å². The molecular formula is C16H23N5O. The zero-order chi connectivity index (χ0) is 15.7. The minimum atomic E-state index is 0.0346. The van der Waals surface area contributed by atoms with E-state index < -0.39 is 0 Å². The molecule has 2 aromatic heterocycles. The second-order valence-corrected chi connectivity index (χ2v) is 5.92.